The Kier molecular flexibility index (Phi) is 6.46. The first kappa shape index (κ1) is 23.9. The minimum Gasteiger partial charge on any atom is -0.471 e. The summed E-state index contributed by atoms with van der Waals surface area (Å²) in [5.41, 5.74) is 6.57. The molecule has 4 atom stereocenters. The van der Waals surface area contributed by atoms with E-state index in [1.807, 2.05) is 0 Å². The number of nitro groups is 1. The number of aliphatic hydroxyl groups excluding tert-OH is 2. The second kappa shape index (κ2) is 9.19. The van der Waals surface area contributed by atoms with E-state index in [0.717, 1.165) is 0 Å². The van der Waals surface area contributed by atoms with Crippen LogP contribution in [0.1, 0.15) is 11.8 Å². The number of phosphoric acid groups is 1. The molecule has 2 aromatic heterocycles. The summed E-state index contributed by atoms with van der Waals surface area (Å²) in [4.78, 5) is 40.2. The topological polar surface area (TPSA) is 238 Å². The molecule has 0 spiro atoms. The molecule has 4 rings (SSSR count). The highest BCUT2D eigenvalue weighted by Crippen LogP contribution is 2.39. The molecule has 3 heterocycles. The van der Waals surface area contributed by atoms with Gasteiger partial charge in [-0.3, -0.25) is 19.2 Å². The predicted octanol–water partition coefficient (Wildman–Crippen LogP) is -0.376. The van der Waals surface area contributed by atoms with E-state index in [1.54, 1.807) is 0 Å². The number of fused-ring (bicyclic) bond motifs is 1. The van der Waals surface area contributed by atoms with Crippen LogP contribution < -0.4 is 10.5 Å². The molecule has 1 aliphatic rings. The summed E-state index contributed by atoms with van der Waals surface area (Å²) in [5.74, 6) is -0.198. The van der Waals surface area contributed by atoms with Crippen LogP contribution in [0.3, 0.4) is 0 Å². The number of nitrogens with two attached hydrogens (primary N) is 1. The van der Waals surface area contributed by atoms with Gasteiger partial charge in [0.05, 0.1) is 17.9 Å². The molecular formula is C17H19N6O10P. The standard InChI is InChI=1S/C17H19N6O10P/c18-17-20-14-11(15(21-17)31-5-8-1-3-9(4-2-8)23(26)27)19-7-22(14)16-13(25)12(24)10(33-16)6-32-34(28,29)30/h1-4,7,10,12-13,16,24-25H,5-6H2,(H2,18,20,21)(H2,28,29,30)/t10-,12-,13-,16-/m1/s1. The normalized spacial score (nSPS) is 22.8. The summed E-state index contributed by atoms with van der Waals surface area (Å²) < 4.78 is 27.8. The lowest BCUT2D eigenvalue weighted by Gasteiger charge is -2.17. The lowest BCUT2D eigenvalue weighted by atomic mass is 10.1. The van der Waals surface area contributed by atoms with Gasteiger partial charge in [-0.1, -0.05) is 0 Å². The number of hydrogen-bond acceptors (Lipinski definition) is 12. The molecule has 0 aliphatic carbocycles. The van der Waals surface area contributed by atoms with E-state index in [9.17, 15) is 24.9 Å². The largest absolute Gasteiger partial charge is 0.471 e. The summed E-state index contributed by atoms with van der Waals surface area (Å²) in [6.45, 7) is -0.689. The molecule has 0 saturated carbocycles. The molecule has 17 heteroatoms. The number of phosphoric ester groups is 1. The van der Waals surface area contributed by atoms with E-state index in [0.29, 0.717) is 5.56 Å². The van der Waals surface area contributed by atoms with E-state index in [4.69, 9.17) is 25.0 Å². The van der Waals surface area contributed by atoms with Crippen molar-refractivity contribution in [3.63, 3.8) is 0 Å². The zero-order chi connectivity index (χ0) is 24.6. The molecule has 0 radical (unpaired) electrons. The summed E-state index contributed by atoms with van der Waals surface area (Å²) in [6, 6.07) is 5.69. The van der Waals surface area contributed by atoms with Crippen molar-refractivity contribution < 1.29 is 43.5 Å². The summed E-state index contributed by atoms with van der Waals surface area (Å²) in [7, 11) is -4.82. The predicted molar refractivity (Wildman–Crippen MR) is 111 cm³/mol. The van der Waals surface area contributed by atoms with Gasteiger partial charge in [-0.15, -0.1) is 0 Å². The van der Waals surface area contributed by atoms with Gasteiger partial charge in [0, 0.05) is 12.1 Å². The Morgan fingerprint density at radius 1 is 1.21 bits per heavy atom. The first-order valence-electron chi connectivity index (χ1n) is 9.61. The Morgan fingerprint density at radius 2 is 1.91 bits per heavy atom. The van der Waals surface area contributed by atoms with Crippen molar-refractivity contribution in [2.75, 3.05) is 12.3 Å². The Labute approximate surface area is 189 Å². The van der Waals surface area contributed by atoms with Crippen molar-refractivity contribution in [1.82, 2.24) is 19.5 Å². The van der Waals surface area contributed by atoms with Crippen LogP contribution in [0.4, 0.5) is 11.6 Å². The van der Waals surface area contributed by atoms with Crippen molar-refractivity contribution in [1.29, 1.82) is 0 Å². The van der Waals surface area contributed by atoms with E-state index in [1.165, 1.54) is 35.2 Å². The number of nitrogen functional groups attached to an aromatic ring is 1. The Bertz CT molecular complexity index is 1250. The van der Waals surface area contributed by atoms with Crippen molar-refractivity contribution >= 4 is 30.6 Å². The molecule has 16 nitrogen and oxygen atoms in total. The van der Waals surface area contributed by atoms with Crippen LogP contribution in [-0.4, -0.2) is 69.4 Å². The number of benzene rings is 1. The van der Waals surface area contributed by atoms with E-state index in [-0.39, 0.29) is 35.3 Å². The molecule has 1 aromatic carbocycles. The van der Waals surface area contributed by atoms with Crippen molar-refractivity contribution in [3.8, 4) is 5.88 Å². The number of nitro benzene ring substituents is 1. The number of aromatic nitrogens is 4. The third kappa shape index (κ3) is 4.97. The molecule has 182 valence electrons. The molecule has 0 amide bonds. The maximum atomic E-state index is 10.9. The van der Waals surface area contributed by atoms with Gasteiger partial charge in [0.1, 0.15) is 24.9 Å². The van der Waals surface area contributed by atoms with Crippen LogP contribution in [0.2, 0.25) is 0 Å². The van der Waals surface area contributed by atoms with Crippen molar-refractivity contribution in [2.24, 2.45) is 0 Å². The minimum absolute atomic E-state index is 0.00554. The number of imidazole rings is 1. The Morgan fingerprint density at radius 3 is 2.56 bits per heavy atom. The summed E-state index contributed by atoms with van der Waals surface area (Å²) >= 11 is 0. The second-order valence-electron chi connectivity index (χ2n) is 7.26. The molecule has 0 bridgehead atoms. The summed E-state index contributed by atoms with van der Waals surface area (Å²) in [6.07, 6.45) is -4.27. The number of non-ortho nitro benzene ring substituents is 1. The second-order valence-corrected chi connectivity index (χ2v) is 8.50. The molecule has 1 saturated heterocycles. The number of anilines is 1. The van der Waals surface area contributed by atoms with Crippen LogP contribution >= 0.6 is 7.82 Å². The number of nitrogens with zero attached hydrogens (tertiary/aromatic N) is 5. The average molecular weight is 498 g/mol. The van der Waals surface area contributed by atoms with Crippen LogP contribution in [0.15, 0.2) is 30.6 Å². The molecular weight excluding hydrogens is 479 g/mol. The van der Waals surface area contributed by atoms with Gasteiger partial charge in [-0.25, -0.2) is 9.55 Å². The fraction of sp³-hybridized carbons (Fsp3) is 0.353. The molecule has 34 heavy (non-hydrogen) atoms. The van der Waals surface area contributed by atoms with Gasteiger partial charge in [-0.05, 0) is 17.7 Å². The lowest BCUT2D eigenvalue weighted by Crippen LogP contribution is -2.33. The van der Waals surface area contributed by atoms with Crippen molar-refractivity contribution in [3.05, 3.63) is 46.3 Å². The molecule has 3 aromatic rings. The van der Waals surface area contributed by atoms with Gasteiger partial charge < -0.3 is 35.2 Å². The SMILES string of the molecule is Nc1nc(OCc2ccc([N+](=O)[O-])cc2)c2ncn([C@@H]3O[C@H](COP(=O)(O)O)[C@@H](O)[C@H]3O)c2n1. The third-order valence-electron chi connectivity index (χ3n) is 4.95. The number of hydrogen-bond donors (Lipinski definition) is 5. The zero-order valence-corrected chi connectivity index (χ0v) is 18.0. The fourth-order valence-electron chi connectivity index (χ4n) is 3.33. The fourth-order valence-corrected chi connectivity index (χ4v) is 3.67. The lowest BCUT2D eigenvalue weighted by molar-refractivity contribution is -0.384. The van der Waals surface area contributed by atoms with Gasteiger partial charge in [-0.2, -0.15) is 9.97 Å². The van der Waals surface area contributed by atoms with Crippen LogP contribution in [0, 0.1) is 10.1 Å². The third-order valence-corrected chi connectivity index (χ3v) is 5.43. The number of ether oxygens (including phenoxy) is 2. The van der Waals surface area contributed by atoms with Crippen LogP contribution in [0.25, 0.3) is 11.2 Å². The van der Waals surface area contributed by atoms with Gasteiger partial charge in [0.2, 0.25) is 11.8 Å². The Balaban J connectivity index is 1.55. The smallest absolute Gasteiger partial charge is 0.469 e. The molecule has 6 N–H and O–H groups in total. The highest BCUT2D eigenvalue weighted by atomic mass is 31.2. The van der Waals surface area contributed by atoms with Gasteiger partial charge in [0.15, 0.2) is 17.4 Å². The van der Waals surface area contributed by atoms with Crippen LogP contribution in [-0.2, 0) is 20.4 Å². The maximum absolute atomic E-state index is 10.9. The zero-order valence-electron chi connectivity index (χ0n) is 17.1. The van der Waals surface area contributed by atoms with Gasteiger partial charge >= 0.3 is 7.82 Å². The summed E-state index contributed by atoms with van der Waals surface area (Å²) in [5, 5.41) is 31.4. The molecule has 1 aliphatic heterocycles. The minimum atomic E-state index is -4.82. The van der Waals surface area contributed by atoms with E-state index >= 15 is 0 Å². The highest BCUT2D eigenvalue weighted by Gasteiger charge is 2.45. The monoisotopic (exact) mass is 498 g/mol. The molecule has 1 fully saturated rings. The number of aliphatic hydroxyl groups is 2. The Hall–Kier alpha value is -3.24. The van der Waals surface area contributed by atoms with E-state index in [2.05, 4.69) is 19.5 Å². The maximum Gasteiger partial charge on any atom is 0.469 e. The quantitative estimate of drug-likeness (QED) is 0.151. The first-order chi connectivity index (χ1) is 16.0. The average Bonchev–Trinajstić information content (AvgIpc) is 3.31. The number of rotatable bonds is 8. The van der Waals surface area contributed by atoms with Crippen molar-refractivity contribution in [2.45, 2.75) is 31.1 Å². The first-order valence-corrected chi connectivity index (χ1v) is 11.1. The van der Waals surface area contributed by atoms with Crippen LogP contribution in [0.5, 0.6) is 5.88 Å². The highest BCUT2D eigenvalue weighted by molar-refractivity contribution is 7.46. The van der Waals surface area contributed by atoms with Gasteiger partial charge in [0.25, 0.3) is 5.69 Å². The molecule has 0 unspecified atom stereocenters. The van der Waals surface area contributed by atoms with E-state index < -0.39 is 43.9 Å².